The largest absolute Gasteiger partial charge is 0.496 e. The summed E-state index contributed by atoms with van der Waals surface area (Å²) in [5.74, 6) is 0.315. The van der Waals surface area contributed by atoms with Crippen molar-refractivity contribution in [1.29, 1.82) is 0 Å². The highest BCUT2D eigenvalue weighted by Gasteiger charge is 2.56. The Morgan fingerprint density at radius 3 is 2.82 bits per heavy atom. The molecule has 12 heteroatoms. The number of nitrogens with zero attached hydrogens (tertiary/aromatic N) is 4. The summed E-state index contributed by atoms with van der Waals surface area (Å²) in [7, 11) is 1.58. The molecule has 5 amide bonds. The number of nitrogens with two attached hydrogens (primary N) is 1. The lowest BCUT2D eigenvalue weighted by Gasteiger charge is -2.29. The average Bonchev–Trinajstić information content (AvgIpc) is 3.43. The van der Waals surface area contributed by atoms with Crippen molar-refractivity contribution in [2.45, 2.75) is 56.7 Å². The minimum atomic E-state index is -1.12. The van der Waals surface area contributed by atoms with E-state index in [2.05, 4.69) is 15.3 Å². The molecule has 205 valence electrons. The highest BCUT2D eigenvalue weighted by Crippen LogP contribution is 2.43. The van der Waals surface area contributed by atoms with Crippen LogP contribution in [0.15, 0.2) is 30.6 Å². The van der Waals surface area contributed by atoms with Crippen molar-refractivity contribution in [3.63, 3.8) is 0 Å². The molecule has 3 N–H and O–H groups in total. The lowest BCUT2D eigenvalue weighted by atomic mass is 10.1. The first-order chi connectivity index (χ1) is 18.8. The summed E-state index contributed by atoms with van der Waals surface area (Å²) in [6.45, 7) is 2.03. The van der Waals surface area contributed by atoms with Gasteiger partial charge in [-0.25, -0.2) is 24.5 Å². The molecule has 1 aromatic heterocycles. The number of nitrogens with one attached hydrogen (secondary N) is 1. The van der Waals surface area contributed by atoms with Gasteiger partial charge in [-0.15, -0.1) is 0 Å². The molecule has 0 spiro atoms. The molecule has 1 saturated carbocycles. The molecule has 1 aliphatic carbocycles. The number of rotatable bonds is 4. The third-order valence-corrected chi connectivity index (χ3v) is 7.69. The summed E-state index contributed by atoms with van der Waals surface area (Å²) in [6.07, 6.45) is 9.18. The molecule has 0 bridgehead atoms. The molecule has 3 aliphatic rings. The summed E-state index contributed by atoms with van der Waals surface area (Å²) in [5.41, 5.74) is 5.91. The van der Waals surface area contributed by atoms with Gasteiger partial charge < -0.3 is 25.4 Å². The van der Waals surface area contributed by atoms with Gasteiger partial charge in [-0.3, -0.25) is 9.59 Å². The van der Waals surface area contributed by atoms with Crippen LogP contribution in [0.4, 0.5) is 9.59 Å². The van der Waals surface area contributed by atoms with Gasteiger partial charge in [0.25, 0.3) is 0 Å². The summed E-state index contributed by atoms with van der Waals surface area (Å²) >= 11 is 0. The minimum absolute atomic E-state index is 0.0163. The van der Waals surface area contributed by atoms with Gasteiger partial charge in [-0.1, -0.05) is 12.2 Å². The number of urea groups is 2. The van der Waals surface area contributed by atoms with Crippen molar-refractivity contribution in [3.05, 3.63) is 36.2 Å². The summed E-state index contributed by atoms with van der Waals surface area (Å²) in [6, 6.07) is 1.03. The Morgan fingerprint density at radius 2 is 2.08 bits per heavy atom. The monoisotopic (exact) mass is 535 g/mol. The van der Waals surface area contributed by atoms with Crippen LogP contribution in [-0.4, -0.2) is 81.9 Å². The molecule has 3 heterocycles. The lowest BCUT2D eigenvalue weighted by molar-refractivity contribution is -0.125. The second-order valence-electron chi connectivity index (χ2n) is 10.2. The summed E-state index contributed by atoms with van der Waals surface area (Å²) < 4.78 is 11.6. The number of primary amides is 1. The molecule has 2 aliphatic heterocycles. The van der Waals surface area contributed by atoms with Gasteiger partial charge in [-0.05, 0) is 44.7 Å². The van der Waals surface area contributed by atoms with E-state index in [1.54, 1.807) is 19.2 Å². The van der Waals surface area contributed by atoms with Crippen LogP contribution in [-0.2, 0) is 9.59 Å². The van der Waals surface area contributed by atoms with Crippen LogP contribution in [0.3, 0.4) is 0 Å². The van der Waals surface area contributed by atoms with E-state index in [1.807, 2.05) is 25.4 Å². The smallest absolute Gasteiger partial charge is 0.328 e. The van der Waals surface area contributed by atoms with Gasteiger partial charge in [-0.2, -0.15) is 0 Å². The number of fused-ring (bicyclic) bond motifs is 3. The number of imide groups is 1. The standard InChI is InChI=1S/C27H31N6O6/c1-16-21(38-2)9-8-19-22(16)29-15-30-24(19)39-18-11-20-23(35)31-27(14-34)12-17(27)7-5-3-4-6-10-32(25(28)36)26(37)33(20)13-18/h5,7-9,15,17-18,20H,3-4,6,10-13H2,1-2H3,(H2,28,36)(H,31,35)/b7-5+. The van der Waals surface area contributed by atoms with Gasteiger partial charge in [0.05, 0.1) is 24.6 Å². The molecule has 4 unspecified atom stereocenters. The van der Waals surface area contributed by atoms with E-state index in [4.69, 9.17) is 15.2 Å². The fourth-order valence-corrected chi connectivity index (χ4v) is 5.40. The SMILES string of the molecule is COc1ccc2c(OC3CC4C(=O)NC5([C]=O)CC5/C=C/CCCCN(C(N)=O)C(=O)N4C3)ncnc2c1C. The maximum Gasteiger partial charge on any atom is 0.328 e. The van der Waals surface area contributed by atoms with E-state index in [0.29, 0.717) is 41.8 Å². The number of methoxy groups -OCH3 is 1. The van der Waals surface area contributed by atoms with Crippen molar-refractivity contribution < 1.29 is 28.7 Å². The van der Waals surface area contributed by atoms with Crippen molar-refractivity contribution in [2.24, 2.45) is 11.7 Å². The van der Waals surface area contributed by atoms with E-state index >= 15 is 0 Å². The van der Waals surface area contributed by atoms with Crippen LogP contribution < -0.4 is 20.5 Å². The molecule has 5 rings (SSSR count). The van der Waals surface area contributed by atoms with E-state index < -0.39 is 35.7 Å². The van der Waals surface area contributed by atoms with Crippen LogP contribution in [0.5, 0.6) is 11.6 Å². The molecule has 1 aromatic carbocycles. The molecular formula is C27H31N6O6. The van der Waals surface area contributed by atoms with Crippen LogP contribution in [0, 0.1) is 12.8 Å². The van der Waals surface area contributed by atoms with Crippen molar-refractivity contribution in [1.82, 2.24) is 25.1 Å². The predicted molar refractivity (Wildman–Crippen MR) is 140 cm³/mol. The molecule has 2 fully saturated rings. The van der Waals surface area contributed by atoms with Gasteiger partial charge in [0.1, 0.15) is 29.8 Å². The fourth-order valence-electron chi connectivity index (χ4n) is 5.40. The molecule has 39 heavy (non-hydrogen) atoms. The Morgan fingerprint density at radius 1 is 1.26 bits per heavy atom. The second-order valence-corrected chi connectivity index (χ2v) is 10.2. The Balaban J connectivity index is 1.45. The van der Waals surface area contributed by atoms with E-state index in [9.17, 15) is 19.2 Å². The van der Waals surface area contributed by atoms with Crippen molar-refractivity contribution in [2.75, 3.05) is 20.2 Å². The number of aromatic nitrogens is 2. The molecule has 1 radical (unpaired) electrons. The van der Waals surface area contributed by atoms with Crippen LogP contribution in [0.1, 0.15) is 37.7 Å². The van der Waals surface area contributed by atoms with Gasteiger partial charge in [0.15, 0.2) is 0 Å². The zero-order valence-electron chi connectivity index (χ0n) is 21.9. The second kappa shape index (κ2) is 10.5. The van der Waals surface area contributed by atoms with E-state index in [1.165, 1.54) is 11.2 Å². The third kappa shape index (κ3) is 4.98. The molecule has 4 atom stereocenters. The number of allylic oxidation sites excluding steroid dienone is 1. The number of amides is 5. The number of hydrogen-bond acceptors (Lipinski definition) is 8. The predicted octanol–water partition coefficient (Wildman–Crippen LogP) is 1.99. The van der Waals surface area contributed by atoms with Crippen LogP contribution in [0.2, 0.25) is 0 Å². The Kier molecular flexibility index (Phi) is 7.11. The molecule has 12 nitrogen and oxygen atoms in total. The van der Waals surface area contributed by atoms with Crippen LogP contribution in [0.25, 0.3) is 10.9 Å². The number of benzene rings is 1. The Hall–Kier alpha value is -4.22. The van der Waals surface area contributed by atoms with Gasteiger partial charge >= 0.3 is 12.1 Å². The summed E-state index contributed by atoms with van der Waals surface area (Å²) in [5, 5.41) is 3.46. The third-order valence-electron chi connectivity index (χ3n) is 7.69. The van der Waals surface area contributed by atoms with Gasteiger partial charge in [0, 0.05) is 24.4 Å². The number of hydrogen-bond donors (Lipinski definition) is 2. The first-order valence-corrected chi connectivity index (χ1v) is 13.0. The minimum Gasteiger partial charge on any atom is -0.496 e. The molecule has 2 aromatic rings. The van der Waals surface area contributed by atoms with Gasteiger partial charge in [0.2, 0.25) is 18.1 Å². The highest BCUT2D eigenvalue weighted by molar-refractivity contribution is 5.97. The van der Waals surface area contributed by atoms with Crippen LogP contribution >= 0.6 is 0 Å². The number of aryl methyl sites for hydroxylation is 1. The zero-order valence-corrected chi connectivity index (χ0v) is 21.9. The zero-order chi connectivity index (χ0) is 27.7. The van der Waals surface area contributed by atoms with E-state index in [-0.39, 0.29) is 25.4 Å². The number of carbonyl (C=O) groups excluding carboxylic acids is 4. The Bertz CT molecular complexity index is 1350. The quantitative estimate of drug-likeness (QED) is 0.563. The summed E-state index contributed by atoms with van der Waals surface area (Å²) in [4.78, 5) is 62.0. The van der Waals surface area contributed by atoms with Crippen molar-refractivity contribution in [3.8, 4) is 11.6 Å². The number of carbonyl (C=O) groups is 3. The fraction of sp³-hybridized carbons (Fsp3) is 0.481. The number of ether oxygens (including phenoxy) is 2. The Labute approximate surface area is 225 Å². The topological polar surface area (TPSA) is 157 Å². The van der Waals surface area contributed by atoms with Crippen molar-refractivity contribution >= 4 is 35.2 Å². The first-order valence-electron chi connectivity index (χ1n) is 13.0. The highest BCUT2D eigenvalue weighted by atomic mass is 16.5. The molecular weight excluding hydrogens is 504 g/mol. The lowest BCUT2D eigenvalue weighted by Crippen LogP contribution is -2.55. The maximum atomic E-state index is 13.5. The molecule has 1 saturated heterocycles. The maximum absolute atomic E-state index is 13.5. The van der Waals surface area contributed by atoms with E-state index in [0.717, 1.165) is 16.9 Å². The normalized spacial score (nSPS) is 28.1. The average molecular weight is 536 g/mol. The first kappa shape index (κ1) is 26.4.